The topological polar surface area (TPSA) is 56.8 Å². The molecular formula is C17H20F17NO4Si. The number of nitrogens with one attached hydrogen (secondary N) is 1. The van der Waals surface area contributed by atoms with Gasteiger partial charge in [0.25, 0.3) is 0 Å². The van der Waals surface area contributed by atoms with E-state index in [1.165, 1.54) is 21.3 Å². The molecule has 0 aliphatic carbocycles. The fraction of sp³-hybridized carbons (Fsp3) is 0.941. The summed E-state index contributed by atoms with van der Waals surface area (Å²) in [6.45, 7) is -0.450. The minimum absolute atomic E-state index is 0.0292. The Hall–Kier alpha value is -1.62. The molecule has 0 aliphatic heterocycles. The first-order valence-electron chi connectivity index (χ1n) is 10.2. The van der Waals surface area contributed by atoms with Crippen molar-refractivity contribution in [1.82, 2.24) is 5.32 Å². The normalized spacial score (nSPS) is 15.4. The number of halogens is 17. The Kier molecular flexibility index (Phi) is 11.4. The first kappa shape index (κ1) is 38.4. The Balaban J connectivity index is 5.83. The number of rotatable bonds is 16. The highest BCUT2D eigenvalue weighted by atomic mass is 28.4. The lowest BCUT2D eigenvalue weighted by molar-refractivity contribution is -0.461. The predicted molar refractivity (Wildman–Crippen MR) is 99.1 cm³/mol. The first-order chi connectivity index (χ1) is 17.5. The van der Waals surface area contributed by atoms with Crippen LogP contribution in [0.4, 0.5) is 74.6 Å². The number of amides is 1. The van der Waals surface area contributed by atoms with Crippen molar-refractivity contribution in [1.29, 1.82) is 0 Å². The second-order valence-electron chi connectivity index (χ2n) is 7.90. The number of hydrogen-bond donors (Lipinski definition) is 1. The minimum Gasteiger partial charge on any atom is -0.377 e. The van der Waals surface area contributed by atoms with Gasteiger partial charge in [0.05, 0.1) is 0 Å². The van der Waals surface area contributed by atoms with E-state index in [2.05, 4.69) is 0 Å². The molecule has 0 atom stereocenters. The quantitative estimate of drug-likeness (QED) is 0.123. The van der Waals surface area contributed by atoms with Crippen LogP contribution in [0.2, 0.25) is 6.04 Å². The number of hydrogen-bond acceptors (Lipinski definition) is 4. The summed E-state index contributed by atoms with van der Waals surface area (Å²) in [5, 5.41) is 1.79. The molecule has 0 saturated carbocycles. The van der Waals surface area contributed by atoms with E-state index in [0.29, 0.717) is 0 Å². The molecule has 0 aromatic carbocycles. The van der Waals surface area contributed by atoms with Gasteiger partial charge in [-0.1, -0.05) is 0 Å². The predicted octanol–water partition coefficient (Wildman–Crippen LogP) is 6.16. The fourth-order valence-corrected chi connectivity index (χ4v) is 4.52. The van der Waals surface area contributed by atoms with Crippen LogP contribution >= 0.6 is 0 Å². The van der Waals surface area contributed by atoms with E-state index in [-0.39, 0.29) is 12.5 Å². The molecule has 240 valence electrons. The maximum Gasteiger partial charge on any atom is 0.500 e. The van der Waals surface area contributed by atoms with Gasteiger partial charge in [0.2, 0.25) is 5.91 Å². The van der Waals surface area contributed by atoms with E-state index in [0.717, 1.165) is 0 Å². The summed E-state index contributed by atoms with van der Waals surface area (Å²) in [5.74, 6) is -58.5. The molecular weight excluding hydrogens is 633 g/mol. The van der Waals surface area contributed by atoms with E-state index in [4.69, 9.17) is 13.3 Å². The molecule has 0 rings (SSSR count). The summed E-state index contributed by atoms with van der Waals surface area (Å²) >= 11 is 0. The maximum atomic E-state index is 13.8. The largest absolute Gasteiger partial charge is 0.500 e. The lowest BCUT2D eigenvalue weighted by Gasteiger charge is -2.42. The number of carbonyl (C=O) groups is 1. The molecule has 0 saturated heterocycles. The van der Waals surface area contributed by atoms with Crippen LogP contribution < -0.4 is 5.32 Å². The molecule has 0 radical (unpaired) electrons. The summed E-state index contributed by atoms with van der Waals surface area (Å²) in [6, 6.07) is -0.0292. The van der Waals surface area contributed by atoms with Gasteiger partial charge in [-0.2, -0.15) is 74.6 Å². The van der Waals surface area contributed by atoms with E-state index < -0.39 is 81.7 Å². The van der Waals surface area contributed by atoms with Crippen molar-refractivity contribution >= 4 is 14.7 Å². The molecule has 1 N–H and O–H groups in total. The lowest BCUT2D eigenvalue weighted by Crippen LogP contribution is -2.74. The van der Waals surface area contributed by atoms with Crippen LogP contribution in [-0.2, 0) is 18.1 Å². The second-order valence-corrected chi connectivity index (χ2v) is 11.0. The van der Waals surface area contributed by atoms with Crippen molar-refractivity contribution in [2.45, 2.75) is 72.9 Å². The molecule has 0 bridgehead atoms. The van der Waals surface area contributed by atoms with Crippen molar-refractivity contribution in [2.75, 3.05) is 27.9 Å². The molecule has 0 fully saturated rings. The van der Waals surface area contributed by atoms with Gasteiger partial charge < -0.3 is 18.6 Å². The van der Waals surface area contributed by atoms with Crippen LogP contribution in [0.15, 0.2) is 0 Å². The monoisotopic (exact) mass is 653 g/mol. The summed E-state index contributed by atoms with van der Waals surface area (Å²) in [7, 11) is 0.335. The molecule has 40 heavy (non-hydrogen) atoms. The molecule has 0 spiro atoms. The average molecular weight is 653 g/mol. The Morgan fingerprint density at radius 1 is 0.600 bits per heavy atom. The van der Waals surface area contributed by atoms with Crippen LogP contribution in [0, 0.1) is 0 Å². The molecule has 5 nitrogen and oxygen atoms in total. The average Bonchev–Trinajstić information content (AvgIpc) is 2.81. The second kappa shape index (κ2) is 11.9. The molecule has 1 amide bonds. The lowest BCUT2D eigenvalue weighted by atomic mass is 9.88. The molecule has 0 heterocycles. The highest BCUT2D eigenvalue weighted by Crippen LogP contribution is 2.64. The zero-order valence-electron chi connectivity index (χ0n) is 20.1. The van der Waals surface area contributed by atoms with Crippen LogP contribution in [0.5, 0.6) is 0 Å². The van der Waals surface area contributed by atoms with Gasteiger partial charge in [0.1, 0.15) is 0 Å². The zero-order chi connectivity index (χ0) is 32.4. The number of carbonyl (C=O) groups excluding carboxylic acids is 1. The third-order valence-electron chi connectivity index (χ3n) is 5.37. The Labute approximate surface area is 214 Å². The number of alkyl halides is 17. The van der Waals surface area contributed by atoms with E-state index in [1.54, 1.807) is 5.32 Å². The van der Waals surface area contributed by atoms with Crippen LogP contribution in [0.1, 0.15) is 19.3 Å². The van der Waals surface area contributed by atoms with Crippen molar-refractivity contribution in [3.05, 3.63) is 0 Å². The van der Waals surface area contributed by atoms with E-state index in [1.807, 2.05) is 0 Å². The summed E-state index contributed by atoms with van der Waals surface area (Å²) in [6.07, 6.45) is -12.6. The van der Waals surface area contributed by atoms with Crippen LogP contribution in [0.3, 0.4) is 0 Å². The SMILES string of the molecule is CO[Si](CCCNC(=O)CCC(F)(F)C(F)(F)C(F)(F)C(F)(F)C(F)(F)C(F)(F)C(F)(F)C(F)(F)F)(OC)OC. The minimum atomic E-state index is -8.69. The standard InChI is InChI=1S/C17H20F17NO4Si/c1-37-40(38-2,39-3)8-4-7-35-9(36)5-6-10(18,19)11(20,21)12(22,23)13(24,25)14(26,27)15(28,29)16(30,31)17(32,33)34/h4-8H2,1-3H3,(H,35,36). The third kappa shape index (κ3) is 6.39. The van der Waals surface area contributed by atoms with Gasteiger partial charge >= 0.3 is 56.4 Å². The zero-order valence-corrected chi connectivity index (χ0v) is 21.1. The first-order valence-corrected chi connectivity index (χ1v) is 12.1. The van der Waals surface area contributed by atoms with Gasteiger partial charge in [0, 0.05) is 46.8 Å². The highest BCUT2D eigenvalue weighted by molar-refractivity contribution is 6.60. The Morgan fingerprint density at radius 3 is 1.30 bits per heavy atom. The van der Waals surface area contributed by atoms with Crippen molar-refractivity contribution < 1.29 is 92.7 Å². The molecule has 0 aromatic rings. The van der Waals surface area contributed by atoms with Crippen molar-refractivity contribution in [3.8, 4) is 0 Å². The molecule has 0 aliphatic rings. The summed E-state index contributed by atoms with van der Waals surface area (Å²) in [5.41, 5.74) is 0. The van der Waals surface area contributed by atoms with Crippen LogP contribution in [-0.4, -0.2) is 90.2 Å². The van der Waals surface area contributed by atoms with Gasteiger partial charge in [-0.3, -0.25) is 4.79 Å². The fourth-order valence-electron chi connectivity index (χ4n) is 2.80. The maximum absolute atomic E-state index is 13.8. The smallest absolute Gasteiger partial charge is 0.377 e. The van der Waals surface area contributed by atoms with Gasteiger partial charge in [-0.15, -0.1) is 0 Å². The summed E-state index contributed by atoms with van der Waals surface area (Å²) in [4.78, 5) is 11.6. The highest BCUT2D eigenvalue weighted by Gasteiger charge is 2.95. The van der Waals surface area contributed by atoms with Crippen molar-refractivity contribution in [3.63, 3.8) is 0 Å². The summed E-state index contributed by atoms with van der Waals surface area (Å²) < 4.78 is 240. The van der Waals surface area contributed by atoms with Crippen LogP contribution in [0.25, 0.3) is 0 Å². The van der Waals surface area contributed by atoms with Crippen molar-refractivity contribution in [2.24, 2.45) is 0 Å². The Morgan fingerprint density at radius 2 is 0.950 bits per heavy atom. The van der Waals surface area contributed by atoms with E-state index >= 15 is 0 Å². The molecule has 0 aromatic heterocycles. The molecule has 0 unspecified atom stereocenters. The molecule has 23 heteroatoms. The Bertz CT molecular complexity index is 853. The van der Waals surface area contributed by atoms with Gasteiger partial charge in [-0.05, 0) is 6.42 Å². The third-order valence-corrected chi connectivity index (χ3v) is 8.20. The van der Waals surface area contributed by atoms with E-state index in [9.17, 15) is 79.4 Å². The van der Waals surface area contributed by atoms with Gasteiger partial charge in [0.15, 0.2) is 0 Å². The van der Waals surface area contributed by atoms with Gasteiger partial charge in [-0.25, -0.2) is 0 Å².